The summed E-state index contributed by atoms with van der Waals surface area (Å²) < 4.78 is 0. The van der Waals surface area contributed by atoms with Crippen LogP contribution < -0.4 is 5.73 Å². The lowest BCUT2D eigenvalue weighted by atomic mass is 10.0. The van der Waals surface area contributed by atoms with Gasteiger partial charge >= 0.3 is 0 Å². The first kappa shape index (κ1) is 13.0. The molecule has 0 saturated carbocycles. The Balaban J connectivity index is 2.02. The first-order valence-electron chi connectivity index (χ1n) is 6.73. The lowest BCUT2D eigenvalue weighted by molar-refractivity contribution is 0.157. The summed E-state index contributed by atoms with van der Waals surface area (Å²) in [5.41, 5.74) is 6.77. The van der Waals surface area contributed by atoms with Crippen molar-refractivity contribution >= 4 is 11.3 Å². The SMILES string of the molecule is CCN1CCCCC1c1nc(CCCN)cs1. The topological polar surface area (TPSA) is 42.2 Å². The third kappa shape index (κ3) is 3.27. The summed E-state index contributed by atoms with van der Waals surface area (Å²) in [6.07, 6.45) is 6.05. The van der Waals surface area contributed by atoms with E-state index in [-0.39, 0.29) is 0 Å². The second kappa shape index (κ2) is 6.47. The van der Waals surface area contributed by atoms with E-state index < -0.39 is 0 Å². The Kier molecular flexibility index (Phi) is 4.95. The second-order valence-electron chi connectivity index (χ2n) is 4.71. The molecule has 2 heterocycles. The molecule has 1 saturated heterocycles. The van der Waals surface area contributed by atoms with Crippen LogP contribution in [0, 0.1) is 0 Å². The van der Waals surface area contributed by atoms with Crippen LogP contribution in [0.5, 0.6) is 0 Å². The molecule has 1 aliphatic rings. The summed E-state index contributed by atoms with van der Waals surface area (Å²) >= 11 is 1.83. The van der Waals surface area contributed by atoms with Gasteiger partial charge in [-0.1, -0.05) is 13.3 Å². The van der Waals surface area contributed by atoms with E-state index in [1.54, 1.807) is 0 Å². The molecule has 0 amide bonds. The molecule has 1 aliphatic heterocycles. The molecule has 1 aromatic heterocycles. The maximum atomic E-state index is 5.54. The van der Waals surface area contributed by atoms with Gasteiger partial charge in [-0.25, -0.2) is 4.98 Å². The van der Waals surface area contributed by atoms with Gasteiger partial charge in [-0.05, 0) is 45.3 Å². The molecule has 17 heavy (non-hydrogen) atoms. The standard InChI is InChI=1S/C13H23N3S/c1-2-16-9-4-3-7-12(16)13-15-11(10-17-13)6-5-8-14/h10,12H,2-9,14H2,1H3. The highest BCUT2D eigenvalue weighted by atomic mass is 32.1. The summed E-state index contributed by atoms with van der Waals surface area (Å²) in [5.74, 6) is 0. The van der Waals surface area contributed by atoms with E-state index in [1.165, 1.54) is 36.5 Å². The van der Waals surface area contributed by atoms with Crippen molar-refractivity contribution in [2.45, 2.75) is 45.1 Å². The quantitative estimate of drug-likeness (QED) is 0.877. The molecule has 2 rings (SSSR count). The molecule has 1 fully saturated rings. The van der Waals surface area contributed by atoms with Crippen molar-refractivity contribution in [3.8, 4) is 0 Å². The van der Waals surface area contributed by atoms with E-state index in [0.717, 1.165) is 25.9 Å². The van der Waals surface area contributed by atoms with Crippen LogP contribution in [0.4, 0.5) is 0 Å². The molecule has 0 bridgehead atoms. The fourth-order valence-electron chi connectivity index (χ4n) is 2.52. The fraction of sp³-hybridized carbons (Fsp3) is 0.769. The van der Waals surface area contributed by atoms with Crippen molar-refractivity contribution < 1.29 is 0 Å². The van der Waals surface area contributed by atoms with E-state index in [4.69, 9.17) is 10.7 Å². The Morgan fingerprint density at radius 1 is 1.53 bits per heavy atom. The summed E-state index contributed by atoms with van der Waals surface area (Å²) in [6.45, 7) is 5.39. The molecule has 0 radical (unpaired) electrons. The van der Waals surface area contributed by atoms with Crippen molar-refractivity contribution in [1.29, 1.82) is 0 Å². The lowest BCUT2D eigenvalue weighted by Gasteiger charge is -2.33. The summed E-state index contributed by atoms with van der Waals surface area (Å²) in [4.78, 5) is 7.36. The summed E-state index contributed by atoms with van der Waals surface area (Å²) in [7, 11) is 0. The predicted molar refractivity (Wildman–Crippen MR) is 73.3 cm³/mol. The molecule has 2 N–H and O–H groups in total. The summed E-state index contributed by atoms with van der Waals surface area (Å²) in [5, 5.41) is 3.53. The average molecular weight is 253 g/mol. The van der Waals surface area contributed by atoms with Crippen molar-refractivity contribution in [2.24, 2.45) is 5.73 Å². The lowest BCUT2D eigenvalue weighted by Crippen LogP contribution is -2.33. The van der Waals surface area contributed by atoms with E-state index in [2.05, 4.69) is 17.2 Å². The van der Waals surface area contributed by atoms with Crippen LogP contribution in [-0.4, -0.2) is 29.5 Å². The molecule has 3 nitrogen and oxygen atoms in total. The fourth-order valence-corrected chi connectivity index (χ4v) is 3.54. The average Bonchev–Trinajstić information content (AvgIpc) is 2.85. The highest BCUT2D eigenvalue weighted by Gasteiger charge is 2.24. The minimum Gasteiger partial charge on any atom is -0.330 e. The number of hydrogen-bond acceptors (Lipinski definition) is 4. The van der Waals surface area contributed by atoms with Gasteiger partial charge in [-0.2, -0.15) is 0 Å². The van der Waals surface area contributed by atoms with Crippen LogP contribution in [0.1, 0.15) is 49.4 Å². The number of aryl methyl sites for hydroxylation is 1. The van der Waals surface area contributed by atoms with Crippen molar-refractivity contribution in [3.05, 3.63) is 16.1 Å². The van der Waals surface area contributed by atoms with Crippen LogP contribution in [-0.2, 0) is 6.42 Å². The molecule has 96 valence electrons. The van der Waals surface area contributed by atoms with Gasteiger partial charge in [0, 0.05) is 5.38 Å². The van der Waals surface area contributed by atoms with Gasteiger partial charge < -0.3 is 5.73 Å². The molecule has 1 atom stereocenters. The molecular formula is C13H23N3S. The number of rotatable bonds is 5. The van der Waals surface area contributed by atoms with E-state index in [0.29, 0.717) is 6.04 Å². The van der Waals surface area contributed by atoms with Gasteiger partial charge in [-0.3, -0.25) is 4.90 Å². The largest absolute Gasteiger partial charge is 0.330 e. The van der Waals surface area contributed by atoms with Gasteiger partial charge in [-0.15, -0.1) is 11.3 Å². The van der Waals surface area contributed by atoms with Gasteiger partial charge in [0.05, 0.1) is 11.7 Å². The third-order valence-electron chi connectivity index (χ3n) is 3.51. The zero-order chi connectivity index (χ0) is 12.1. The zero-order valence-corrected chi connectivity index (χ0v) is 11.5. The molecule has 0 aliphatic carbocycles. The molecule has 0 spiro atoms. The summed E-state index contributed by atoms with van der Waals surface area (Å²) in [6, 6.07) is 0.574. The molecule has 1 unspecified atom stereocenters. The normalized spacial score (nSPS) is 21.9. The Morgan fingerprint density at radius 3 is 3.18 bits per heavy atom. The monoisotopic (exact) mass is 253 g/mol. The number of likely N-dealkylation sites (tertiary alicyclic amines) is 1. The maximum absolute atomic E-state index is 5.54. The van der Waals surface area contributed by atoms with Crippen LogP contribution >= 0.6 is 11.3 Å². The van der Waals surface area contributed by atoms with E-state index in [9.17, 15) is 0 Å². The molecule has 4 heteroatoms. The maximum Gasteiger partial charge on any atom is 0.110 e. The van der Waals surface area contributed by atoms with Gasteiger partial charge in [0.25, 0.3) is 0 Å². The Morgan fingerprint density at radius 2 is 2.41 bits per heavy atom. The van der Waals surface area contributed by atoms with Crippen LogP contribution in [0.3, 0.4) is 0 Å². The minimum atomic E-state index is 0.574. The van der Waals surface area contributed by atoms with Crippen LogP contribution in [0.25, 0.3) is 0 Å². The van der Waals surface area contributed by atoms with Gasteiger partial charge in [0.15, 0.2) is 0 Å². The second-order valence-corrected chi connectivity index (χ2v) is 5.60. The Hall–Kier alpha value is -0.450. The van der Waals surface area contributed by atoms with Gasteiger partial charge in [0.2, 0.25) is 0 Å². The first-order chi connectivity index (χ1) is 8.35. The zero-order valence-electron chi connectivity index (χ0n) is 10.7. The number of nitrogens with zero attached hydrogens (tertiary/aromatic N) is 2. The van der Waals surface area contributed by atoms with Crippen LogP contribution in [0.15, 0.2) is 5.38 Å². The van der Waals surface area contributed by atoms with Gasteiger partial charge in [0.1, 0.15) is 5.01 Å². The van der Waals surface area contributed by atoms with E-state index >= 15 is 0 Å². The Bertz CT molecular complexity index is 337. The molecular weight excluding hydrogens is 230 g/mol. The number of piperidine rings is 1. The highest BCUT2D eigenvalue weighted by Crippen LogP contribution is 2.32. The molecule has 1 aromatic rings. The predicted octanol–water partition coefficient (Wildman–Crippen LogP) is 2.58. The number of thiazole rings is 1. The number of nitrogens with two attached hydrogens (primary N) is 1. The minimum absolute atomic E-state index is 0.574. The Labute approximate surface area is 108 Å². The highest BCUT2D eigenvalue weighted by molar-refractivity contribution is 7.09. The first-order valence-corrected chi connectivity index (χ1v) is 7.61. The van der Waals surface area contributed by atoms with Crippen molar-refractivity contribution in [1.82, 2.24) is 9.88 Å². The third-order valence-corrected chi connectivity index (χ3v) is 4.51. The van der Waals surface area contributed by atoms with Crippen molar-refractivity contribution in [2.75, 3.05) is 19.6 Å². The van der Waals surface area contributed by atoms with Crippen LogP contribution in [0.2, 0.25) is 0 Å². The van der Waals surface area contributed by atoms with Crippen molar-refractivity contribution in [3.63, 3.8) is 0 Å². The number of aromatic nitrogens is 1. The smallest absolute Gasteiger partial charge is 0.110 e. The number of hydrogen-bond donors (Lipinski definition) is 1. The molecule has 0 aromatic carbocycles. The van der Waals surface area contributed by atoms with E-state index in [1.807, 2.05) is 11.3 Å².